The van der Waals surface area contributed by atoms with Gasteiger partial charge in [-0.1, -0.05) is 43.7 Å². The molecule has 0 amide bonds. The molecule has 0 heterocycles. The summed E-state index contributed by atoms with van der Waals surface area (Å²) in [4.78, 5) is 0. The molecule has 17 heavy (non-hydrogen) atoms. The molecule has 0 spiro atoms. The Bertz CT molecular complexity index is 346. The van der Waals surface area contributed by atoms with Crippen LogP contribution in [0.1, 0.15) is 50.8 Å². The number of nitrogens with one attached hydrogen (secondary N) is 1. The first kappa shape index (κ1) is 12.6. The van der Waals surface area contributed by atoms with Gasteiger partial charge in [-0.05, 0) is 44.1 Å². The lowest BCUT2D eigenvalue weighted by molar-refractivity contribution is 0.159. The molecule has 0 radical (unpaired) electrons. The average molecular weight is 231 g/mol. The van der Waals surface area contributed by atoms with E-state index in [-0.39, 0.29) is 0 Å². The van der Waals surface area contributed by atoms with E-state index in [2.05, 4.69) is 57.3 Å². The van der Waals surface area contributed by atoms with Crippen molar-refractivity contribution in [3.63, 3.8) is 0 Å². The summed E-state index contributed by atoms with van der Waals surface area (Å²) < 4.78 is 0. The SMILES string of the molecule is Cc1ccc([C@@H](C)NC2CC(C(C)C)C2)cc1. The average Bonchev–Trinajstić information content (AvgIpc) is 2.23. The van der Waals surface area contributed by atoms with Crippen molar-refractivity contribution >= 4 is 0 Å². The van der Waals surface area contributed by atoms with Crippen molar-refractivity contribution in [3.8, 4) is 0 Å². The molecule has 1 N–H and O–H groups in total. The van der Waals surface area contributed by atoms with Gasteiger partial charge in [0.05, 0.1) is 0 Å². The number of rotatable bonds is 4. The van der Waals surface area contributed by atoms with Gasteiger partial charge in [0.25, 0.3) is 0 Å². The second-order valence-corrected chi connectivity index (χ2v) is 5.97. The summed E-state index contributed by atoms with van der Waals surface area (Å²) in [5.41, 5.74) is 2.74. The van der Waals surface area contributed by atoms with Gasteiger partial charge in [0, 0.05) is 12.1 Å². The summed E-state index contributed by atoms with van der Waals surface area (Å²) in [5.74, 6) is 1.79. The highest BCUT2D eigenvalue weighted by Gasteiger charge is 2.31. The van der Waals surface area contributed by atoms with Crippen LogP contribution in [-0.2, 0) is 0 Å². The van der Waals surface area contributed by atoms with Crippen LogP contribution in [0.3, 0.4) is 0 Å². The minimum atomic E-state index is 0.480. The highest BCUT2D eigenvalue weighted by molar-refractivity contribution is 5.23. The van der Waals surface area contributed by atoms with E-state index in [4.69, 9.17) is 0 Å². The van der Waals surface area contributed by atoms with Crippen molar-refractivity contribution in [2.45, 2.75) is 52.6 Å². The highest BCUT2D eigenvalue weighted by Crippen LogP contribution is 2.34. The number of aryl methyl sites for hydroxylation is 1. The normalized spacial score (nSPS) is 25.7. The zero-order valence-corrected chi connectivity index (χ0v) is 11.5. The van der Waals surface area contributed by atoms with Crippen molar-refractivity contribution in [3.05, 3.63) is 35.4 Å². The molecule has 94 valence electrons. The lowest BCUT2D eigenvalue weighted by Crippen LogP contribution is -2.43. The van der Waals surface area contributed by atoms with E-state index in [1.54, 1.807) is 0 Å². The Hall–Kier alpha value is -0.820. The summed E-state index contributed by atoms with van der Waals surface area (Å²) in [5, 5.41) is 3.74. The number of hydrogen-bond acceptors (Lipinski definition) is 1. The van der Waals surface area contributed by atoms with Gasteiger partial charge >= 0.3 is 0 Å². The molecule has 1 aliphatic rings. The molecule has 0 aliphatic heterocycles. The van der Waals surface area contributed by atoms with Crippen LogP contribution in [0.15, 0.2) is 24.3 Å². The van der Waals surface area contributed by atoms with E-state index in [9.17, 15) is 0 Å². The van der Waals surface area contributed by atoms with E-state index < -0.39 is 0 Å². The van der Waals surface area contributed by atoms with Gasteiger partial charge in [-0.25, -0.2) is 0 Å². The topological polar surface area (TPSA) is 12.0 Å². The molecule has 1 aromatic carbocycles. The van der Waals surface area contributed by atoms with Gasteiger partial charge < -0.3 is 5.32 Å². The van der Waals surface area contributed by atoms with Crippen molar-refractivity contribution in [1.82, 2.24) is 5.32 Å². The second-order valence-electron chi connectivity index (χ2n) is 5.97. The van der Waals surface area contributed by atoms with Gasteiger partial charge in [-0.15, -0.1) is 0 Å². The summed E-state index contributed by atoms with van der Waals surface area (Å²) in [7, 11) is 0. The van der Waals surface area contributed by atoms with Crippen LogP contribution >= 0.6 is 0 Å². The number of benzene rings is 1. The van der Waals surface area contributed by atoms with Gasteiger partial charge in [0.2, 0.25) is 0 Å². The van der Waals surface area contributed by atoms with Crippen LogP contribution in [0.2, 0.25) is 0 Å². The monoisotopic (exact) mass is 231 g/mol. The summed E-state index contributed by atoms with van der Waals surface area (Å²) in [6.45, 7) is 9.09. The fourth-order valence-electron chi connectivity index (χ4n) is 2.65. The lowest BCUT2D eigenvalue weighted by atomic mass is 9.73. The standard InChI is InChI=1S/C16H25N/c1-11(2)15-9-16(10-15)17-13(4)14-7-5-12(3)6-8-14/h5-8,11,13,15-17H,9-10H2,1-4H3/t13-,15?,16?/m1/s1. The van der Waals surface area contributed by atoms with Crippen molar-refractivity contribution in [2.24, 2.45) is 11.8 Å². The third-order valence-electron chi connectivity index (χ3n) is 4.18. The Morgan fingerprint density at radius 2 is 1.65 bits per heavy atom. The molecule has 0 aromatic heterocycles. The molecule has 1 atom stereocenters. The summed E-state index contributed by atoms with van der Waals surface area (Å²) >= 11 is 0. The first-order valence-electron chi connectivity index (χ1n) is 6.89. The predicted octanol–water partition coefficient (Wildman–Crippen LogP) is 4.08. The molecule has 1 aromatic rings. The maximum Gasteiger partial charge on any atom is 0.0294 e. The van der Waals surface area contributed by atoms with E-state index in [0.29, 0.717) is 6.04 Å². The van der Waals surface area contributed by atoms with Gasteiger partial charge in [-0.3, -0.25) is 0 Å². The third-order valence-corrected chi connectivity index (χ3v) is 4.18. The second kappa shape index (κ2) is 5.22. The Labute approximate surface area is 106 Å². The first-order chi connectivity index (χ1) is 8.06. The summed E-state index contributed by atoms with van der Waals surface area (Å²) in [6.07, 6.45) is 2.71. The molecular formula is C16H25N. The minimum Gasteiger partial charge on any atom is -0.307 e. The Kier molecular flexibility index (Phi) is 3.88. The van der Waals surface area contributed by atoms with Crippen molar-refractivity contribution < 1.29 is 0 Å². The third kappa shape index (κ3) is 3.10. The molecule has 1 saturated carbocycles. The molecule has 1 heteroatoms. The fraction of sp³-hybridized carbons (Fsp3) is 0.625. The minimum absolute atomic E-state index is 0.480. The molecule has 0 unspecified atom stereocenters. The lowest BCUT2D eigenvalue weighted by Gasteiger charge is -2.40. The van der Waals surface area contributed by atoms with Crippen LogP contribution in [0.5, 0.6) is 0 Å². The van der Waals surface area contributed by atoms with E-state index >= 15 is 0 Å². The van der Waals surface area contributed by atoms with Gasteiger partial charge in [0.15, 0.2) is 0 Å². The van der Waals surface area contributed by atoms with Gasteiger partial charge in [0.1, 0.15) is 0 Å². The van der Waals surface area contributed by atoms with Crippen LogP contribution in [-0.4, -0.2) is 6.04 Å². The van der Waals surface area contributed by atoms with Crippen molar-refractivity contribution in [1.29, 1.82) is 0 Å². The maximum absolute atomic E-state index is 3.74. The van der Waals surface area contributed by atoms with Crippen LogP contribution in [0.25, 0.3) is 0 Å². The zero-order valence-electron chi connectivity index (χ0n) is 11.5. The summed E-state index contributed by atoms with van der Waals surface area (Å²) in [6, 6.07) is 10.1. The van der Waals surface area contributed by atoms with E-state index in [1.165, 1.54) is 24.0 Å². The smallest absolute Gasteiger partial charge is 0.0294 e. The Morgan fingerprint density at radius 3 is 2.18 bits per heavy atom. The van der Waals surface area contributed by atoms with Crippen molar-refractivity contribution in [2.75, 3.05) is 0 Å². The molecule has 2 rings (SSSR count). The quantitative estimate of drug-likeness (QED) is 0.823. The highest BCUT2D eigenvalue weighted by atomic mass is 15.0. The maximum atomic E-state index is 3.74. The zero-order chi connectivity index (χ0) is 12.4. The first-order valence-corrected chi connectivity index (χ1v) is 6.89. The predicted molar refractivity (Wildman–Crippen MR) is 74.1 cm³/mol. The Morgan fingerprint density at radius 1 is 1.06 bits per heavy atom. The molecule has 0 bridgehead atoms. The number of hydrogen-bond donors (Lipinski definition) is 1. The van der Waals surface area contributed by atoms with Gasteiger partial charge in [-0.2, -0.15) is 0 Å². The fourth-order valence-corrected chi connectivity index (χ4v) is 2.65. The van der Waals surface area contributed by atoms with E-state index in [0.717, 1.165) is 17.9 Å². The molecular weight excluding hydrogens is 206 g/mol. The van der Waals surface area contributed by atoms with E-state index in [1.807, 2.05) is 0 Å². The molecule has 0 saturated heterocycles. The molecule has 1 fully saturated rings. The molecule has 1 nitrogen and oxygen atoms in total. The largest absolute Gasteiger partial charge is 0.307 e. The van der Waals surface area contributed by atoms with Crippen LogP contribution in [0, 0.1) is 18.8 Å². The van der Waals surface area contributed by atoms with Crippen LogP contribution in [0.4, 0.5) is 0 Å². The van der Waals surface area contributed by atoms with Crippen LogP contribution < -0.4 is 5.32 Å². The molecule has 1 aliphatic carbocycles. The Balaban J connectivity index is 1.82.